The first-order valence-electron chi connectivity index (χ1n) is 6.66. The summed E-state index contributed by atoms with van der Waals surface area (Å²) in [4.78, 5) is 4.46. The third-order valence-corrected chi connectivity index (χ3v) is 5.51. The fraction of sp³-hybridized carbons (Fsp3) is 0.667. The zero-order valence-corrected chi connectivity index (χ0v) is 14.0. The number of nitriles is 1. The molecule has 1 fully saturated rings. The second-order valence-electron chi connectivity index (χ2n) is 5.17. The predicted octanol–water partition coefficient (Wildman–Crippen LogP) is 2.19. The van der Waals surface area contributed by atoms with Gasteiger partial charge in [-0.05, 0) is 18.8 Å². The van der Waals surface area contributed by atoms with Gasteiger partial charge in [0.05, 0.1) is 6.26 Å². The molecule has 0 aliphatic heterocycles. The number of anilines is 1. The van der Waals surface area contributed by atoms with Crippen LogP contribution >= 0.6 is 22.9 Å². The average molecular weight is 349 g/mol. The van der Waals surface area contributed by atoms with Gasteiger partial charge in [0.2, 0.25) is 10.0 Å². The Morgan fingerprint density at radius 3 is 2.81 bits per heavy atom. The Kier molecular flexibility index (Phi) is 5.43. The molecule has 2 atom stereocenters. The highest BCUT2D eigenvalue weighted by atomic mass is 35.5. The van der Waals surface area contributed by atoms with Gasteiger partial charge in [-0.25, -0.2) is 18.1 Å². The molecule has 0 amide bonds. The van der Waals surface area contributed by atoms with E-state index >= 15 is 0 Å². The van der Waals surface area contributed by atoms with E-state index < -0.39 is 10.0 Å². The van der Waals surface area contributed by atoms with Crippen molar-refractivity contribution in [3.8, 4) is 6.07 Å². The lowest BCUT2D eigenvalue weighted by atomic mass is 9.85. The Hall–Kier alpha value is -0.880. The van der Waals surface area contributed by atoms with Crippen LogP contribution < -0.4 is 10.0 Å². The summed E-state index contributed by atoms with van der Waals surface area (Å²) in [6.45, 7) is 0.613. The van der Waals surface area contributed by atoms with E-state index in [1.165, 1.54) is 17.6 Å². The minimum atomic E-state index is -3.20. The third kappa shape index (κ3) is 4.81. The highest BCUT2D eigenvalue weighted by Crippen LogP contribution is 2.28. The lowest BCUT2D eigenvalue weighted by Gasteiger charge is -2.31. The predicted molar refractivity (Wildman–Crippen MR) is 84.1 cm³/mol. The van der Waals surface area contributed by atoms with Gasteiger partial charge in [0.15, 0.2) is 10.3 Å². The van der Waals surface area contributed by atoms with Gasteiger partial charge in [-0.3, -0.25) is 0 Å². The first-order valence-corrected chi connectivity index (χ1v) is 9.75. The van der Waals surface area contributed by atoms with Gasteiger partial charge in [-0.15, -0.1) is 0 Å². The summed E-state index contributed by atoms with van der Waals surface area (Å²) in [5, 5.41) is 12.8. The van der Waals surface area contributed by atoms with Crippen molar-refractivity contribution in [1.82, 2.24) is 9.71 Å². The summed E-state index contributed by atoms with van der Waals surface area (Å²) in [6.07, 6.45) is 5.12. The number of halogens is 1. The minimum Gasteiger partial charge on any atom is -0.361 e. The Bertz CT molecular complexity index is 638. The first-order chi connectivity index (χ1) is 9.89. The maximum Gasteiger partial charge on any atom is 0.208 e. The number of aromatic nitrogens is 1. The van der Waals surface area contributed by atoms with Crippen LogP contribution in [0.3, 0.4) is 0 Å². The van der Waals surface area contributed by atoms with E-state index in [0.29, 0.717) is 16.6 Å². The monoisotopic (exact) mass is 348 g/mol. The summed E-state index contributed by atoms with van der Waals surface area (Å²) in [6, 6.07) is 1.94. The van der Waals surface area contributed by atoms with E-state index in [0.717, 1.165) is 25.7 Å². The van der Waals surface area contributed by atoms with E-state index in [1.54, 1.807) is 0 Å². The molecule has 1 aromatic heterocycles. The van der Waals surface area contributed by atoms with Crippen LogP contribution in [0.1, 0.15) is 30.6 Å². The molecular weight excluding hydrogens is 332 g/mol. The molecule has 0 aromatic carbocycles. The topological polar surface area (TPSA) is 94.9 Å². The van der Waals surface area contributed by atoms with E-state index in [2.05, 4.69) is 15.0 Å². The summed E-state index contributed by atoms with van der Waals surface area (Å²) >= 11 is 7.04. The molecule has 1 aliphatic rings. The standard InChI is InChI=1S/C12H17ClN4O2S2/c1-21(18,19)17-9-5-3-2-4-8(9)7-15-12-16-11(13)10(6-14)20-12/h8-9,17H,2-5,7H2,1H3,(H,15,16). The minimum absolute atomic E-state index is 0.0490. The number of nitrogens with zero attached hydrogens (tertiary/aromatic N) is 2. The van der Waals surface area contributed by atoms with Crippen molar-refractivity contribution in [3.63, 3.8) is 0 Å². The van der Waals surface area contributed by atoms with Crippen molar-refractivity contribution in [3.05, 3.63) is 10.0 Å². The van der Waals surface area contributed by atoms with Crippen LogP contribution in [0.25, 0.3) is 0 Å². The van der Waals surface area contributed by atoms with Crippen molar-refractivity contribution < 1.29 is 8.42 Å². The number of hydrogen-bond acceptors (Lipinski definition) is 6. The van der Waals surface area contributed by atoms with Crippen LogP contribution in [-0.4, -0.2) is 32.2 Å². The third-order valence-electron chi connectivity index (χ3n) is 3.48. The van der Waals surface area contributed by atoms with Crippen LogP contribution in [0, 0.1) is 17.2 Å². The van der Waals surface area contributed by atoms with Gasteiger partial charge in [0.1, 0.15) is 10.9 Å². The van der Waals surface area contributed by atoms with Crippen LogP contribution in [0.15, 0.2) is 0 Å². The molecule has 116 valence electrons. The van der Waals surface area contributed by atoms with Gasteiger partial charge in [-0.2, -0.15) is 5.26 Å². The molecule has 2 N–H and O–H groups in total. The summed E-state index contributed by atoms with van der Waals surface area (Å²) in [5.74, 6) is 0.210. The average Bonchev–Trinajstić information content (AvgIpc) is 2.76. The molecular formula is C12H17ClN4O2S2. The quantitative estimate of drug-likeness (QED) is 0.850. The number of thiazole rings is 1. The second kappa shape index (κ2) is 6.92. The zero-order valence-electron chi connectivity index (χ0n) is 11.6. The largest absolute Gasteiger partial charge is 0.361 e. The molecule has 0 saturated heterocycles. The number of nitrogens with one attached hydrogen (secondary N) is 2. The van der Waals surface area contributed by atoms with E-state index in [4.69, 9.17) is 16.9 Å². The summed E-state index contributed by atoms with van der Waals surface area (Å²) < 4.78 is 25.5. The van der Waals surface area contributed by atoms with Gasteiger partial charge in [0.25, 0.3) is 0 Å². The van der Waals surface area contributed by atoms with Gasteiger partial charge < -0.3 is 5.32 Å². The molecule has 1 saturated carbocycles. The highest BCUT2D eigenvalue weighted by Gasteiger charge is 2.27. The fourth-order valence-corrected chi connectivity index (χ4v) is 4.36. The van der Waals surface area contributed by atoms with Crippen LogP contribution in [0.2, 0.25) is 5.15 Å². The Balaban J connectivity index is 1.97. The molecule has 0 radical (unpaired) electrons. The van der Waals surface area contributed by atoms with Crippen LogP contribution in [0.4, 0.5) is 5.13 Å². The van der Waals surface area contributed by atoms with Crippen molar-refractivity contribution >= 4 is 38.1 Å². The Morgan fingerprint density at radius 1 is 1.48 bits per heavy atom. The maximum absolute atomic E-state index is 11.4. The lowest BCUT2D eigenvalue weighted by Crippen LogP contribution is -2.43. The van der Waals surface area contributed by atoms with Crippen molar-refractivity contribution in [2.45, 2.75) is 31.7 Å². The Morgan fingerprint density at radius 2 is 2.19 bits per heavy atom. The molecule has 9 heteroatoms. The van der Waals surface area contributed by atoms with E-state index in [-0.39, 0.29) is 17.1 Å². The van der Waals surface area contributed by atoms with E-state index in [1.807, 2.05) is 6.07 Å². The molecule has 1 aromatic rings. The van der Waals surface area contributed by atoms with E-state index in [9.17, 15) is 8.42 Å². The second-order valence-corrected chi connectivity index (χ2v) is 8.31. The molecule has 0 spiro atoms. The number of rotatable bonds is 5. The van der Waals surface area contributed by atoms with Crippen molar-refractivity contribution in [2.24, 2.45) is 5.92 Å². The molecule has 2 rings (SSSR count). The number of sulfonamides is 1. The Labute approximate surface area is 133 Å². The fourth-order valence-electron chi connectivity index (χ4n) is 2.55. The molecule has 1 aliphatic carbocycles. The molecule has 1 heterocycles. The maximum atomic E-state index is 11.4. The lowest BCUT2D eigenvalue weighted by molar-refractivity contribution is 0.302. The molecule has 2 unspecified atom stereocenters. The number of hydrogen-bond donors (Lipinski definition) is 2. The summed E-state index contributed by atoms with van der Waals surface area (Å²) in [7, 11) is -3.20. The molecule has 21 heavy (non-hydrogen) atoms. The summed E-state index contributed by atoms with van der Waals surface area (Å²) in [5.41, 5.74) is 0. The first kappa shape index (κ1) is 16.5. The van der Waals surface area contributed by atoms with Crippen molar-refractivity contribution in [2.75, 3.05) is 18.1 Å². The molecule has 0 bridgehead atoms. The highest BCUT2D eigenvalue weighted by molar-refractivity contribution is 7.88. The van der Waals surface area contributed by atoms with Crippen LogP contribution in [-0.2, 0) is 10.0 Å². The van der Waals surface area contributed by atoms with Gasteiger partial charge in [0, 0.05) is 12.6 Å². The van der Waals surface area contributed by atoms with Gasteiger partial charge >= 0.3 is 0 Å². The van der Waals surface area contributed by atoms with Gasteiger partial charge in [-0.1, -0.05) is 35.8 Å². The normalized spacial score (nSPS) is 22.7. The zero-order chi connectivity index (χ0) is 15.5. The van der Waals surface area contributed by atoms with Crippen molar-refractivity contribution in [1.29, 1.82) is 5.26 Å². The van der Waals surface area contributed by atoms with Crippen LogP contribution in [0.5, 0.6) is 0 Å². The SMILES string of the molecule is CS(=O)(=O)NC1CCCCC1CNc1nc(Cl)c(C#N)s1. The molecule has 6 nitrogen and oxygen atoms in total. The smallest absolute Gasteiger partial charge is 0.208 e.